The predicted molar refractivity (Wildman–Crippen MR) is 84.6 cm³/mol. The van der Waals surface area contributed by atoms with Crippen LogP contribution in [0.2, 0.25) is 5.02 Å². The molecule has 1 aromatic carbocycles. The second-order valence-electron chi connectivity index (χ2n) is 5.25. The van der Waals surface area contributed by atoms with Crippen molar-refractivity contribution in [3.63, 3.8) is 0 Å². The lowest BCUT2D eigenvalue weighted by Gasteiger charge is -2.19. The molecule has 112 valence electrons. The standard InChI is InChI=1S/C15H17ClN2O2S/c16-12-8-10(6-7-13(12)19)15-17-14(18-20-15)9-21-11-4-2-1-3-5-11/h6-8,11,19H,1-5,9H2. The summed E-state index contributed by atoms with van der Waals surface area (Å²) >= 11 is 7.80. The van der Waals surface area contributed by atoms with Gasteiger partial charge >= 0.3 is 0 Å². The van der Waals surface area contributed by atoms with Crippen molar-refractivity contribution in [2.45, 2.75) is 43.1 Å². The molecule has 0 amide bonds. The quantitative estimate of drug-likeness (QED) is 0.886. The molecule has 1 N–H and O–H groups in total. The van der Waals surface area contributed by atoms with E-state index in [2.05, 4.69) is 10.1 Å². The first-order valence-electron chi connectivity index (χ1n) is 7.15. The maximum atomic E-state index is 9.42. The number of phenols is 1. The number of nitrogens with zero attached hydrogens (tertiary/aromatic N) is 2. The maximum absolute atomic E-state index is 9.42. The molecule has 1 aliphatic carbocycles. The predicted octanol–water partition coefficient (Wildman–Crippen LogP) is 4.66. The molecule has 1 heterocycles. The third-order valence-electron chi connectivity index (χ3n) is 3.66. The highest BCUT2D eigenvalue weighted by atomic mass is 35.5. The van der Waals surface area contributed by atoms with Gasteiger partial charge in [0.05, 0.1) is 10.8 Å². The van der Waals surface area contributed by atoms with Gasteiger partial charge in [-0.05, 0) is 31.0 Å². The minimum absolute atomic E-state index is 0.0491. The van der Waals surface area contributed by atoms with Gasteiger partial charge in [0.15, 0.2) is 5.82 Å². The van der Waals surface area contributed by atoms with E-state index in [0.29, 0.717) is 11.7 Å². The number of aromatic nitrogens is 2. The number of rotatable bonds is 4. The first-order valence-corrected chi connectivity index (χ1v) is 8.58. The molecule has 0 aliphatic heterocycles. The van der Waals surface area contributed by atoms with E-state index in [0.717, 1.165) is 16.6 Å². The van der Waals surface area contributed by atoms with Gasteiger partial charge in [-0.15, -0.1) is 0 Å². The van der Waals surface area contributed by atoms with Gasteiger partial charge in [0, 0.05) is 10.8 Å². The zero-order chi connectivity index (χ0) is 14.7. The Labute approximate surface area is 132 Å². The van der Waals surface area contributed by atoms with Crippen LogP contribution in [0.3, 0.4) is 0 Å². The molecule has 4 nitrogen and oxygen atoms in total. The summed E-state index contributed by atoms with van der Waals surface area (Å²) in [6, 6.07) is 4.87. The Morgan fingerprint density at radius 2 is 2.10 bits per heavy atom. The molecule has 0 unspecified atom stereocenters. The van der Waals surface area contributed by atoms with Crippen LogP contribution >= 0.6 is 23.4 Å². The summed E-state index contributed by atoms with van der Waals surface area (Å²) in [5.74, 6) is 1.98. The highest BCUT2D eigenvalue weighted by Gasteiger charge is 2.16. The van der Waals surface area contributed by atoms with Crippen LogP contribution in [0.5, 0.6) is 5.75 Å². The first-order chi connectivity index (χ1) is 10.2. The van der Waals surface area contributed by atoms with Gasteiger partial charge in [-0.2, -0.15) is 16.7 Å². The van der Waals surface area contributed by atoms with Gasteiger partial charge in [0.2, 0.25) is 0 Å². The van der Waals surface area contributed by atoms with Crippen molar-refractivity contribution < 1.29 is 9.63 Å². The Balaban J connectivity index is 1.63. The zero-order valence-electron chi connectivity index (χ0n) is 11.6. The maximum Gasteiger partial charge on any atom is 0.258 e. The molecular formula is C15H17ClN2O2S. The van der Waals surface area contributed by atoms with E-state index in [4.69, 9.17) is 16.1 Å². The summed E-state index contributed by atoms with van der Waals surface area (Å²) in [6.07, 6.45) is 6.62. The molecular weight excluding hydrogens is 308 g/mol. The third kappa shape index (κ3) is 3.71. The fraction of sp³-hybridized carbons (Fsp3) is 0.467. The monoisotopic (exact) mass is 324 g/mol. The first kappa shape index (κ1) is 14.7. The summed E-state index contributed by atoms with van der Waals surface area (Å²) < 4.78 is 5.27. The van der Waals surface area contributed by atoms with Crippen LogP contribution in [-0.2, 0) is 5.75 Å². The van der Waals surface area contributed by atoms with Gasteiger partial charge in [0.25, 0.3) is 5.89 Å². The molecule has 0 saturated heterocycles. The molecule has 6 heteroatoms. The second-order valence-corrected chi connectivity index (χ2v) is 6.95. The largest absolute Gasteiger partial charge is 0.506 e. The summed E-state index contributed by atoms with van der Waals surface area (Å²) in [5, 5.41) is 14.4. The Bertz CT molecular complexity index is 611. The number of phenolic OH excluding ortho intramolecular Hbond substituents is 1. The molecule has 1 saturated carbocycles. The smallest absolute Gasteiger partial charge is 0.258 e. The Kier molecular flexibility index (Phi) is 4.70. The van der Waals surface area contributed by atoms with Crippen molar-refractivity contribution in [3.8, 4) is 17.2 Å². The lowest BCUT2D eigenvalue weighted by atomic mass is 10.0. The zero-order valence-corrected chi connectivity index (χ0v) is 13.2. The van der Waals surface area contributed by atoms with Crippen molar-refractivity contribution in [2.24, 2.45) is 0 Å². The summed E-state index contributed by atoms with van der Waals surface area (Å²) in [4.78, 5) is 4.40. The van der Waals surface area contributed by atoms with Gasteiger partial charge < -0.3 is 9.63 Å². The molecule has 0 bridgehead atoms. The van der Waals surface area contributed by atoms with Crippen LogP contribution in [-0.4, -0.2) is 20.5 Å². The Morgan fingerprint density at radius 3 is 2.86 bits per heavy atom. The number of aromatic hydroxyl groups is 1. The number of hydrogen-bond acceptors (Lipinski definition) is 5. The van der Waals surface area contributed by atoms with Crippen LogP contribution in [0.1, 0.15) is 37.9 Å². The SMILES string of the molecule is Oc1ccc(-c2nc(CSC3CCCCC3)no2)cc1Cl. The van der Waals surface area contributed by atoms with E-state index in [1.165, 1.54) is 38.2 Å². The van der Waals surface area contributed by atoms with Gasteiger partial charge in [-0.1, -0.05) is 36.0 Å². The fourth-order valence-electron chi connectivity index (χ4n) is 2.49. The number of halogens is 1. The van der Waals surface area contributed by atoms with E-state index in [9.17, 15) is 5.11 Å². The van der Waals surface area contributed by atoms with Crippen LogP contribution in [0.25, 0.3) is 11.5 Å². The van der Waals surface area contributed by atoms with Crippen LogP contribution in [0.15, 0.2) is 22.7 Å². The fourth-order valence-corrected chi connectivity index (χ4v) is 3.84. The second kappa shape index (κ2) is 6.71. The minimum atomic E-state index is 0.0491. The molecule has 1 aromatic heterocycles. The third-order valence-corrected chi connectivity index (χ3v) is 5.33. The van der Waals surface area contributed by atoms with Crippen molar-refractivity contribution >= 4 is 23.4 Å². The molecule has 2 aromatic rings. The molecule has 0 spiro atoms. The van der Waals surface area contributed by atoms with Gasteiger partial charge in [0.1, 0.15) is 5.75 Å². The normalized spacial score (nSPS) is 16.2. The van der Waals surface area contributed by atoms with E-state index < -0.39 is 0 Å². The van der Waals surface area contributed by atoms with E-state index in [1.54, 1.807) is 12.1 Å². The van der Waals surface area contributed by atoms with E-state index in [1.807, 2.05) is 11.8 Å². The Hall–Kier alpha value is -1.20. The van der Waals surface area contributed by atoms with Gasteiger partial charge in [-0.3, -0.25) is 0 Å². The number of benzene rings is 1. The molecule has 21 heavy (non-hydrogen) atoms. The highest BCUT2D eigenvalue weighted by molar-refractivity contribution is 7.99. The molecule has 1 fully saturated rings. The van der Waals surface area contributed by atoms with E-state index >= 15 is 0 Å². The van der Waals surface area contributed by atoms with Crippen molar-refractivity contribution in [3.05, 3.63) is 29.0 Å². The lowest BCUT2D eigenvalue weighted by Crippen LogP contribution is -2.08. The molecule has 1 aliphatic rings. The number of thioether (sulfide) groups is 1. The van der Waals surface area contributed by atoms with Crippen molar-refractivity contribution in [1.29, 1.82) is 0 Å². The Morgan fingerprint density at radius 1 is 1.29 bits per heavy atom. The average Bonchev–Trinajstić information content (AvgIpc) is 2.98. The van der Waals surface area contributed by atoms with E-state index in [-0.39, 0.29) is 10.8 Å². The topological polar surface area (TPSA) is 59.2 Å². The number of hydrogen-bond donors (Lipinski definition) is 1. The van der Waals surface area contributed by atoms with Crippen LogP contribution < -0.4 is 0 Å². The van der Waals surface area contributed by atoms with Crippen LogP contribution in [0, 0.1) is 0 Å². The minimum Gasteiger partial charge on any atom is -0.506 e. The highest BCUT2D eigenvalue weighted by Crippen LogP contribution is 2.31. The van der Waals surface area contributed by atoms with Crippen molar-refractivity contribution in [1.82, 2.24) is 10.1 Å². The summed E-state index contributed by atoms with van der Waals surface area (Å²) in [5.41, 5.74) is 0.721. The lowest BCUT2D eigenvalue weighted by molar-refractivity contribution is 0.425. The summed E-state index contributed by atoms with van der Waals surface area (Å²) in [7, 11) is 0. The van der Waals surface area contributed by atoms with Crippen molar-refractivity contribution in [2.75, 3.05) is 0 Å². The summed E-state index contributed by atoms with van der Waals surface area (Å²) in [6.45, 7) is 0. The van der Waals surface area contributed by atoms with Gasteiger partial charge in [-0.25, -0.2) is 0 Å². The van der Waals surface area contributed by atoms with Crippen LogP contribution in [0.4, 0.5) is 0 Å². The molecule has 3 rings (SSSR count). The average molecular weight is 325 g/mol. The molecule has 0 radical (unpaired) electrons. The molecule has 0 atom stereocenters.